The Morgan fingerprint density at radius 3 is 2.94 bits per heavy atom. The Labute approximate surface area is 92.9 Å². The van der Waals surface area contributed by atoms with Crippen molar-refractivity contribution in [2.45, 2.75) is 26.4 Å². The summed E-state index contributed by atoms with van der Waals surface area (Å²) in [6, 6.07) is 2.63. The van der Waals surface area contributed by atoms with E-state index in [1.807, 2.05) is 0 Å². The number of aliphatic hydroxyl groups excluding tert-OH is 1. The summed E-state index contributed by atoms with van der Waals surface area (Å²) in [5.74, 6) is -0.346. The molecule has 88 valence electrons. The maximum absolute atomic E-state index is 11.4. The molecule has 6 heteroatoms. The zero-order valence-electron chi connectivity index (χ0n) is 9.30. The molecule has 0 aromatic carbocycles. The standard InChI is InChI=1S/C10H15N3O3/c1-7-3-4-10(16)13(12-7)5-9(15)11-8(2)6-14/h3-4,8,14H,5-6H2,1-2H3,(H,11,15). The molecule has 0 aliphatic rings. The van der Waals surface area contributed by atoms with Gasteiger partial charge >= 0.3 is 0 Å². The van der Waals surface area contributed by atoms with Crippen molar-refractivity contribution in [2.24, 2.45) is 0 Å². The molecule has 1 atom stereocenters. The van der Waals surface area contributed by atoms with Crippen molar-refractivity contribution in [3.05, 3.63) is 28.2 Å². The number of hydrogen-bond donors (Lipinski definition) is 2. The van der Waals surface area contributed by atoms with E-state index in [1.54, 1.807) is 19.9 Å². The summed E-state index contributed by atoms with van der Waals surface area (Å²) in [4.78, 5) is 22.8. The Bertz CT molecular complexity index is 428. The van der Waals surface area contributed by atoms with Gasteiger partial charge in [0.25, 0.3) is 5.56 Å². The van der Waals surface area contributed by atoms with Crippen LogP contribution in [0.2, 0.25) is 0 Å². The molecule has 1 heterocycles. The predicted molar refractivity (Wildman–Crippen MR) is 57.9 cm³/mol. The Morgan fingerprint density at radius 2 is 2.31 bits per heavy atom. The van der Waals surface area contributed by atoms with Crippen LogP contribution in [0.15, 0.2) is 16.9 Å². The van der Waals surface area contributed by atoms with Crippen LogP contribution in [-0.2, 0) is 11.3 Å². The second-order valence-corrected chi connectivity index (χ2v) is 3.62. The number of carbonyl (C=O) groups excluding carboxylic acids is 1. The van der Waals surface area contributed by atoms with Gasteiger partial charge in [-0.05, 0) is 19.9 Å². The first-order chi connectivity index (χ1) is 7.52. The highest BCUT2D eigenvalue weighted by molar-refractivity contribution is 5.75. The third-order valence-corrected chi connectivity index (χ3v) is 1.97. The van der Waals surface area contributed by atoms with Crippen LogP contribution in [0.5, 0.6) is 0 Å². The van der Waals surface area contributed by atoms with Gasteiger partial charge in [0.1, 0.15) is 6.54 Å². The fourth-order valence-corrected chi connectivity index (χ4v) is 1.17. The molecule has 6 nitrogen and oxygen atoms in total. The van der Waals surface area contributed by atoms with Crippen molar-refractivity contribution >= 4 is 5.91 Å². The van der Waals surface area contributed by atoms with Gasteiger partial charge in [0.15, 0.2) is 0 Å². The molecule has 0 saturated carbocycles. The van der Waals surface area contributed by atoms with Gasteiger partial charge in [0.2, 0.25) is 5.91 Å². The summed E-state index contributed by atoms with van der Waals surface area (Å²) in [6.07, 6.45) is 0. The van der Waals surface area contributed by atoms with E-state index < -0.39 is 0 Å². The van der Waals surface area contributed by atoms with Gasteiger partial charge in [0, 0.05) is 12.1 Å². The van der Waals surface area contributed by atoms with E-state index in [-0.39, 0.29) is 30.7 Å². The number of nitrogens with one attached hydrogen (secondary N) is 1. The largest absolute Gasteiger partial charge is 0.394 e. The molecule has 0 fully saturated rings. The van der Waals surface area contributed by atoms with Gasteiger partial charge in [-0.15, -0.1) is 0 Å². The van der Waals surface area contributed by atoms with E-state index in [1.165, 1.54) is 6.07 Å². The summed E-state index contributed by atoms with van der Waals surface area (Å²) in [5.41, 5.74) is 0.347. The lowest BCUT2D eigenvalue weighted by atomic mass is 10.3. The fraction of sp³-hybridized carbons (Fsp3) is 0.500. The minimum atomic E-state index is -0.346. The number of amides is 1. The molecule has 1 aromatic heterocycles. The van der Waals surface area contributed by atoms with Gasteiger partial charge in [-0.1, -0.05) is 0 Å². The molecule has 2 N–H and O–H groups in total. The van der Waals surface area contributed by atoms with Gasteiger partial charge in [-0.3, -0.25) is 9.59 Å². The van der Waals surface area contributed by atoms with Crippen molar-refractivity contribution < 1.29 is 9.90 Å². The summed E-state index contributed by atoms with van der Waals surface area (Å²) in [5, 5.41) is 15.2. The molecule has 1 amide bonds. The minimum Gasteiger partial charge on any atom is -0.394 e. The molecule has 0 radical (unpaired) electrons. The highest BCUT2D eigenvalue weighted by atomic mass is 16.3. The zero-order valence-corrected chi connectivity index (χ0v) is 9.30. The molecule has 1 rings (SSSR count). The van der Waals surface area contributed by atoms with Crippen molar-refractivity contribution in [1.29, 1.82) is 0 Å². The average molecular weight is 225 g/mol. The summed E-state index contributed by atoms with van der Waals surface area (Å²) < 4.78 is 1.09. The van der Waals surface area contributed by atoms with E-state index in [0.717, 1.165) is 4.68 Å². The van der Waals surface area contributed by atoms with Crippen LogP contribution < -0.4 is 10.9 Å². The molecule has 0 saturated heterocycles. The lowest BCUT2D eigenvalue weighted by Crippen LogP contribution is -2.39. The normalized spacial score (nSPS) is 12.2. The first-order valence-corrected chi connectivity index (χ1v) is 4.98. The number of hydrogen-bond acceptors (Lipinski definition) is 4. The lowest BCUT2D eigenvalue weighted by molar-refractivity contribution is -0.122. The molecular formula is C10H15N3O3. The number of rotatable bonds is 4. The van der Waals surface area contributed by atoms with Crippen LogP contribution in [-0.4, -0.2) is 33.4 Å². The summed E-state index contributed by atoms with van der Waals surface area (Å²) in [6.45, 7) is 3.14. The number of carbonyl (C=O) groups is 1. The number of nitrogens with zero attached hydrogens (tertiary/aromatic N) is 2. The van der Waals surface area contributed by atoms with E-state index >= 15 is 0 Å². The van der Waals surface area contributed by atoms with Crippen molar-refractivity contribution in [3.63, 3.8) is 0 Å². The SMILES string of the molecule is Cc1ccc(=O)n(CC(=O)NC(C)CO)n1. The van der Waals surface area contributed by atoms with Gasteiger partial charge in [-0.2, -0.15) is 5.10 Å². The van der Waals surface area contributed by atoms with E-state index in [4.69, 9.17) is 5.11 Å². The third kappa shape index (κ3) is 3.47. The molecule has 16 heavy (non-hydrogen) atoms. The van der Waals surface area contributed by atoms with Crippen molar-refractivity contribution in [3.8, 4) is 0 Å². The van der Waals surface area contributed by atoms with Crippen LogP contribution >= 0.6 is 0 Å². The molecule has 0 aliphatic carbocycles. The second kappa shape index (κ2) is 5.41. The smallest absolute Gasteiger partial charge is 0.267 e. The fourth-order valence-electron chi connectivity index (χ4n) is 1.17. The predicted octanol–water partition coefficient (Wildman–Crippen LogP) is -0.951. The molecule has 1 aromatic rings. The van der Waals surface area contributed by atoms with Crippen LogP contribution in [0, 0.1) is 6.92 Å². The molecule has 0 spiro atoms. The highest BCUT2D eigenvalue weighted by Gasteiger charge is 2.08. The molecule has 0 bridgehead atoms. The Morgan fingerprint density at radius 1 is 1.62 bits per heavy atom. The quantitative estimate of drug-likeness (QED) is 0.692. The van der Waals surface area contributed by atoms with Gasteiger partial charge in [0.05, 0.1) is 12.3 Å². The van der Waals surface area contributed by atoms with Crippen LogP contribution in [0.1, 0.15) is 12.6 Å². The second-order valence-electron chi connectivity index (χ2n) is 3.62. The van der Waals surface area contributed by atoms with Crippen molar-refractivity contribution in [2.75, 3.05) is 6.61 Å². The monoisotopic (exact) mass is 225 g/mol. The van der Waals surface area contributed by atoms with Gasteiger partial charge < -0.3 is 10.4 Å². The highest BCUT2D eigenvalue weighted by Crippen LogP contribution is 1.87. The van der Waals surface area contributed by atoms with Gasteiger partial charge in [-0.25, -0.2) is 4.68 Å². The van der Waals surface area contributed by atoms with Crippen LogP contribution in [0.25, 0.3) is 0 Å². The zero-order chi connectivity index (χ0) is 12.1. The minimum absolute atomic E-state index is 0.134. The maximum atomic E-state index is 11.4. The van der Waals surface area contributed by atoms with Crippen LogP contribution in [0.4, 0.5) is 0 Å². The molecular weight excluding hydrogens is 210 g/mol. The Kier molecular flexibility index (Phi) is 4.19. The third-order valence-electron chi connectivity index (χ3n) is 1.97. The maximum Gasteiger partial charge on any atom is 0.267 e. The first kappa shape index (κ1) is 12.4. The lowest BCUT2D eigenvalue weighted by Gasteiger charge is -2.11. The van der Waals surface area contributed by atoms with E-state index in [9.17, 15) is 9.59 Å². The Hall–Kier alpha value is -1.69. The van der Waals surface area contributed by atoms with Crippen molar-refractivity contribution in [1.82, 2.24) is 15.1 Å². The molecule has 0 aliphatic heterocycles. The molecule has 1 unspecified atom stereocenters. The van der Waals surface area contributed by atoms with E-state index in [0.29, 0.717) is 5.69 Å². The first-order valence-electron chi connectivity index (χ1n) is 4.98. The average Bonchev–Trinajstić information content (AvgIpc) is 2.23. The van der Waals surface area contributed by atoms with E-state index in [2.05, 4.69) is 10.4 Å². The van der Waals surface area contributed by atoms with Crippen LogP contribution in [0.3, 0.4) is 0 Å². The summed E-state index contributed by atoms with van der Waals surface area (Å²) in [7, 11) is 0. The summed E-state index contributed by atoms with van der Waals surface area (Å²) >= 11 is 0. The topological polar surface area (TPSA) is 84.2 Å². The Balaban J connectivity index is 2.69. The number of aliphatic hydroxyl groups is 1. The number of aryl methyl sites for hydroxylation is 1. The number of aromatic nitrogens is 2.